The number of nitrogens with one attached hydrogen (secondary N) is 1. The number of hydrogen-bond donors (Lipinski definition) is 1. The Morgan fingerprint density at radius 1 is 1.31 bits per heavy atom. The molecule has 0 atom stereocenters. The highest BCUT2D eigenvalue weighted by Gasteiger charge is 2.18. The van der Waals surface area contributed by atoms with E-state index in [0.29, 0.717) is 5.69 Å². The number of hydrogen-bond acceptors (Lipinski definition) is 4. The van der Waals surface area contributed by atoms with Crippen molar-refractivity contribution in [3.05, 3.63) is 16.9 Å². The maximum atomic E-state index is 11.0. The second-order valence-electron chi connectivity index (χ2n) is 4.52. The molecule has 1 heterocycles. The van der Waals surface area contributed by atoms with Crippen LogP contribution in [-0.4, -0.2) is 24.6 Å². The highest BCUT2D eigenvalue weighted by Crippen LogP contribution is 2.23. The van der Waals surface area contributed by atoms with Crippen LogP contribution in [-0.2, 0) is 15.4 Å². The van der Waals surface area contributed by atoms with Crippen molar-refractivity contribution in [2.45, 2.75) is 26.2 Å². The average Bonchev–Trinajstić information content (AvgIpc) is 1.97. The van der Waals surface area contributed by atoms with E-state index < -0.39 is 10.0 Å². The zero-order chi connectivity index (χ0) is 12.6. The first-order valence-electron chi connectivity index (χ1n) is 4.61. The van der Waals surface area contributed by atoms with E-state index in [-0.39, 0.29) is 16.5 Å². The normalized spacial score (nSPS) is 12.6. The molecule has 1 N–H and O–H groups in total. The molecule has 0 aliphatic carbocycles. The number of nitrogens with zero attached hydrogens (tertiary/aromatic N) is 2. The van der Waals surface area contributed by atoms with Crippen LogP contribution in [0.3, 0.4) is 0 Å². The fourth-order valence-corrected chi connectivity index (χ4v) is 1.62. The largest absolute Gasteiger partial charge is 0.251 e. The minimum atomic E-state index is -3.39. The number of aromatic nitrogens is 2. The molecule has 0 bridgehead atoms. The summed E-state index contributed by atoms with van der Waals surface area (Å²) in [4.78, 5) is 7.90. The van der Waals surface area contributed by atoms with Crippen molar-refractivity contribution in [1.82, 2.24) is 9.97 Å². The second-order valence-corrected chi connectivity index (χ2v) is 6.66. The van der Waals surface area contributed by atoms with Gasteiger partial charge >= 0.3 is 0 Å². The summed E-state index contributed by atoms with van der Waals surface area (Å²) in [6, 6.07) is 1.62. The SMILES string of the molecule is CC(C)(C)c1cc(Cl)nc(NS(C)(=O)=O)n1. The molecule has 1 aromatic heterocycles. The van der Waals surface area contributed by atoms with Gasteiger partial charge in [0, 0.05) is 5.41 Å². The lowest BCUT2D eigenvalue weighted by Crippen LogP contribution is -2.18. The predicted octanol–water partition coefficient (Wildman–Crippen LogP) is 1.80. The molecular weight excluding hydrogens is 250 g/mol. The number of rotatable bonds is 2. The molecule has 0 aromatic carbocycles. The first-order valence-corrected chi connectivity index (χ1v) is 6.88. The molecule has 16 heavy (non-hydrogen) atoms. The van der Waals surface area contributed by atoms with Crippen LogP contribution in [0, 0.1) is 0 Å². The Hall–Kier alpha value is -0.880. The van der Waals surface area contributed by atoms with Crippen LogP contribution in [0.2, 0.25) is 5.15 Å². The smallest absolute Gasteiger partial charge is 0.238 e. The Morgan fingerprint density at radius 3 is 2.31 bits per heavy atom. The molecule has 90 valence electrons. The summed E-state index contributed by atoms with van der Waals surface area (Å²) in [6.45, 7) is 5.86. The van der Waals surface area contributed by atoms with Crippen molar-refractivity contribution >= 4 is 27.6 Å². The van der Waals surface area contributed by atoms with Gasteiger partial charge in [0.05, 0.1) is 11.9 Å². The van der Waals surface area contributed by atoms with E-state index in [1.165, 1.54) is 0 Å². The summed E-state index contributed by atoms with van der Waals surface area (Å²) in [6.07, 6.45) is 1.04. The van der Waals surface area contributed by atoms with Gasteiger partial charge in [0.25, 0.3) is 0 Å². The summed E-state index contributed by atoms with van der Waals surface area (Å²) >= 11 is 5.80. The molecule has 1 rings (SSSR count). The molecule has 5 nitrogen and oxygen atoms in total. The third-order valence-corrected chi connectivity index (χ3v) is 2.49. The zero-order valence-electron chi connectivity index (χ0n) is 9.57. The minimum absolute atomic E-state index is 0.0000694. The van der Waals surface area contributed by atoms with Crippen LogP contribution in [0.25, 0.3) is 0 Å². The van der Waals surface area contributed by atoms with Gasteiger partial charge in [-0.2, -0.15) is 0 Å². The van der Waals surface area contributed by atoms with E-state index in [1.807, 2.05) is 20.8 Å². The monoisotopic (exact) mass is 263 g/mol. The third-order valence-electron chi connectivity index (χ3n) is 1.74. The molecule has 0 aliphatic rings. The maximum absolute atomic E-state index is 11.0. The van der Waals surface area contributed by atoms with Crippen molar-refractivity contribution in [2.24, 2.45) is 0 Å². The Labute approximate surface area is 100 Å². The molecule has 0 amide bonds. The Morgan fingerprint density at radius 2 is 1.88 bits per heavy atom. The van der Waals surface area contributed by atoms with Gasteiger partial charge in [0.15, 0.2) is 0 Å². The summed E-state index contributed by atoms with van der Waals surface area (Å²) < 4.78 is 24.3. The third kappa shape index (κ3) is 3.94. The minimum Gasteiger partial charge on any atom is -0.251 e. The maximum Gasteiger partial charge on any atom is 0.238 e. The van der Waals surface area contributed by atoms with Crippen LogP contribution in [0.15, 0.2) is 6.07 Å². The van der Waals surface area contributed by atoms with E-state index in [1.54, 1.807) is 6.07 Å². The Kier molecular flexibility index (Phi) is 3.44. The number of sulfonamides is 1. The molecule has 1 aromatic rings. The average molecular weight is 264 g/mol. The molecule has 7 heteroatoms. The number of halogens is 1. The van der Waals surface area contributed by atoms with E-state index in [0.717, 1.165) is 6.26 Å². The van der Waals surface area contributed by atoms with Crippen molar-refractivity contribution in [3.8, 4) is 0 Å². The van der Waals surface area contributed by atoms with Gasteiger partial charge in [-0.05, 0) is 6.07 Å². The molecule has 0 unspecified atom stereocenters. The lowest BCUT2D eigenvalue weighted by molar-refractivity contribution is 0.567. The molecule has 0 aliphatic heterocycles. The van der Waals surface area contributed by atoms with Crippen molar-refractivity contribution in [2.75, 3.05) is 11.0 Å². The van der Waals surface area contributed by atoms with Gasteiger partial charge in [0.1, 0.15) is 5.15 Å². The van der Waals surface area contributed by atoms with Gasteiger partial charge in [0.2, 0.25) is 16.0 Å². The van der Waals surface area contributed by atoms with Crippen LogP contribution < -0.4 is 4.72 Å². The quantitative estimate of drug-likeness (QED) is 0.826. The second kappa shape index (κ2) is 4.18. The lowest BCUT2D eigenvalue weighted by Gasteiger charge is -2.18. The summed E-state index contributed by atoms with van der Waals surface area (Å²) in [5.41, 5.74) is 0.458. The van der Waals surface area contributed by atoms with Gasteiger partial charge in [-0.1, -0.05) is 32.4 Å². The topological polar surface area (TPSA) is 72.0 Å². The van der Waals surface area contributed by atoms with Crippen molar-refractivity contribution < 1.29 is 8.42 Å². The van der Waals surface area contributed by atoms with Crippen LogP contribution in [0.5, 0.6) is 0 Å². The Bertz CT molecular complexity index is 494. The molecule has 0 saturated heterocycles. The van der Waals surface area contributed by atoms with Crippen molar-refractivity contribution in [1.29, 1.82) is 0 Å². The van der Waals surface area contributed by atoms with Crippen LogP contribution >= 0.6 is 11.6 Å². The number of anilines is 1. The standard InChI is InChI=1S/C9H14ClN3O2S/c1-9(2,3)6-5-7(10)12-8(11-6)13-16(4,14)15/h5H,1-4H3,(H,11,12,13). The fraction of sp³-hybridized carbons (Fsp3) is 0.556. The summed E-state index contributed by atoms with van der Waals surface area (Å²) in [5.74, 6) is -0.0000694. The van der Waals surface area contributed by atoms with E-state index >= 15 is 0 Å². The highest BCUT2D eigenvalue weighted by molar-refractivity contribution is 7.91. The summed E-state index contributed by atoms with van der Waals surface area (Å²) in [7, 11) is -3.39. The molecule has 0 radical (unpaired) electrons. The first kappa shape index (κ1) is 13.2. The molecule has 0 spiro atoms. The predicted molar refractivity (Wildman–Crippen MR) is 64.2 cm³/mol. The fourth-order valence-electron chi connectivity index (χ4n) is 1.01. The van der Waals surface area contributed by atoms with E-state index in [4.69, 9.17) is 11.6 Å². The first-order chi connectivity index (χ1) is 7.08. The van der Waals surface area contributed by atoms with Gasteiger partial charge in [-0.25, -0.2) is 18.4 Å². The molecular formula is C9H14ClN3O2S. The van der Waals surface area contributed by atoms with Crippen LogP contribution in [0.4, 0.5) is 5.95 Å². The van der Waals surface area contributed by atoms with E-state index in [2.05, 4.69) is 14.7 Å². The molecule has 0 saturated carbocycles. The lowest BCUT2D eigenvalue weighted by atomic mass is 9.92. The van der Waals surface area contributed by atoms with E-state index in [9.17, 15) is 8.42 Å². The van der Waals surface area contributed by atoms with Crippen LogP contribution in [0.1, 0.15) is 26.5 Å². The van der Waals surface area contributed by atoms with Gasteiger partial charge in [-0.3, -0.25) is 4.72 Å². The van der Waals surface area contributed by atoms with Crippen molar-refractivity contribution in [3.63, 3.8) is 0 Å². The molecule has 0 fully saturated rings. The Balaban J connectivity index is 3.19. The summed E-state index contributed by atoms with van der Waals surface area (Å²) in [5, 5.41) is 0.214. The van der Waals surface area contributed by atoms with Gasteiger partial charge in [-0.15, -0.1) is 0 Å². The highest BCUT2D eigenvalue weighted by atomic mass is 35.5. The zero-order valence-corrected chi connectivity index (χ0v) is 11.1. The van der Waals surface area contributed by atoms with Gasteiger partial charge < -0.3 is 0 Å².